The van der Waals surface area contributed by atoms with Crippen LogP contribution in [0.25, 0.3) is 5.69 Å². The molecule has 0 aliphatic heterocycles. The number of halogens is 5. The molecular weight excluding hydrogens is 428 g/mol. The van der Waals surface area contributed by atoms with Crippen molar-refractivity contribution in [3.05, 3.63) is 69.7 Å². The van der Waals surface area contributed by atoms with Gasteiger partial charge in [0, 0.05) is 35.3 Å². The molecule has 0 spiro atoms. The van der Waals surface area contributed by atoms with E-state index in [1.54, 1.807) is 24.3 Å². The minimum atomic E-state index is -4.50. The molecule has 152 valence electrons. The minimum Gasteiger partial charge on any atom is -0.369 e. The number of nitrogens with zero attached hydrogens (tertiary/aromatic N) is 3. The molecule has 2 aromatic heterocycles. The van der Waals surface area contributed by atoms with Gasteiger partial charge in [-0.2, -0.15) is 18.3 Å². The Kier molecular flexibility index (Phi) is 5.18. The molecule has 10 heteroatoms. The standard InChI is InChI=1S/C19H15Cl2F3N4O/c20-13-8-25-9-14(21)17(13)18(29)26-11-3-5-12(6-4-11)28-15(10-1-2-10)7-16(27-28)19(22,23)24/h3-10,18,26,29H,1-2H2. The summed E-state index contributed by atoms with van der Waals surface area (Å²) in [5.74, 6) is 0.0918. The number of hydrogen-bond acceptors (Lipinski definition) is 4. The number of aliphatic hydroxyl groups excluding tert-OH is 1. The molecule has 1 saturated carbocycles. The smallest absolute Gasteiger partial charge is 0.369 e. The summed E-state index contributed by atoms with van der Waals surface area (Å²) in [6.07, 6.45) is -1.25. The van der Waals surface area contributed by atoms with E-state index in [9.17, 15) is 18.3 Å². The van der Waals surface area contributed by atoms with Crippen LogP contribution in [0.1, 0.15) is 41.9 Å². The van der Waals surface area contributed by atoms with Crippen LogP contribution in [0.15, 0.2) is 42.7 Å². The summed E-state index contributed by atoms with van der Waals surface area (Å²) in [5.41, 5.74) is 0.960. The maximum absolute atomic E-state index is 13.1. The maximum atomic E-state index is 13.1. The molecule has 0 amide bonds. The summed E-state index contributed by atoms with van der Waals surface area (Å²) < 4.78 is 40.6. The zero-order chi connectivity index (χ0) is 20.8. The Bertz CT molecular complexity index is 1010. The van der Waals surface area contributed by atoms with E-state index in [0.717, 1.165) is 18.9 Å². The maximum Gasteiger partial charge on any atom is 0.435 e. The summed E-state index contributed by atoms with van der Waals surface area (Å²) in [4.78, 5) is 3.83. The quantitative estimate of drug-likeness (QED) is 0.506. The molecule has 0 radical (unpaired) electrons. The average Bonchev–Trinajstić information content (AvgIpc) is 3.39. The molecule has 3 aromatic rings. The Hall–Kier alpha value is -2.29. The first-order chi connectivity index (χ1) is 13.7. The number of benzene rings is 1. The minimum absolute atomic E-state index is 0.0918. The van der Waals surface area contributed by atoms with Crippen LogP contribution in [0.3, 0.4) is 0 Å². The Morgan fingerprint density at radius 1 is 1.10 bits per heavy atom. The lowest BCUT2D eigenvalue weighted by molar-refractivity contribution is -0.141. The van der Waals surface area contributed by atoms with E-state index in [2.05, 4.69) is 15.4 Å². The van der Waals surface area contributed by atoms with Gasteiger partial charge >= 0.3 is 6.18 Å². The molecule has 1 atom stereocenters. The Morgan fingerprint density at radius 3 is 2.28 bits per heavy atom. The molecule has 1 fully saturated rings. The molecule has 1 aliphatic carbocycles. The van der Waals surface area contributed by atoms with E-state index in [-0.39, 0.29) is 21.5 Å². The van der Waals surface area contributed by atoms with E-state index in [1.807, 2.05) is 0 Å². The highest BCUT2D eigenvalue weighted by Gasteiger charge is 2.38. The summed E-state index contributed by atoms with van der Waals surface area (Å²) in [6, 6.07) is 7.63. The van der Waals surface area contributed by atoms with Crippen LogP contribution in [-0.2, 0) is 6.18 Å². The first-order valence-corrected chi connectivity index (χ1v) is 9.50. The zero-order valence-corrected chi connectivity index (χ0v) is 16.3. The first kappa shape index (κ1) is 20.0. The van der Waals surface area contributed by atoms with Gasteiger partial charge in [-0.1, -0.05) is 23.2 Å². The SMILES string of the molecule is OC(Nc1ccc(-n2nc(C(F)(F)F)cc2C2CC2)cc1)c1c(Cl)cncc1Cl. The second-order valence-electron chi connectivity index (χ2n) is 6.75. The second kappa shape index (κ2) is 7.51. The van der Waals surface area contributed by atoms with Crippen LogP contribution in [-0.4, -0.2) is 19.9 Å². The fourth-order valence-corrected chi connectivity index (χ4v) is 3.59. The molecule has 29 heavy (non-hydrogen) atoms. The van der Waals surface area contributed by atoms with Crippen LogP contribution in [0.4, 0.5) is 18.9 Å². The van der Waals surface area contributed by atoms with Crippen LogP contribution < -0.4 is 5.32 Å². The predicted octanol–water partition coefficient (Wildman–Crippen LogP) is 5.57. The third kappa shape index (κ3) is 4.19. The van der Waals surface area contributed by atoms with Crippen LogP contribution in [0, 0.1) is 0 Å². The number of rotatable bonds is 5. The van der Waals surface area contributed by atoms with Crippen molar-refractivity contribution in [2.75, 3.05) is 5.32 Å². The van der Waals surface area contributed by atoms with Crippen molar-refractivity contribution in [1.82, 2.24) is 14.8 Å². The van der Waals surface area contributed by atoms with Gasteiger partial charge in [-0.15, -0.1) is 0 Å². The highest BCUT2D eigenvalue weighted by atomic mass is 35.5. The molecule has 1 aromatic carbocycles. The van der Waals surface area contributed by atoms with Crippen LogP contribution in [0.5, 0.6) is 0 Å². The molecular formula is C19H15Cl2F3N4O. The number of aromatic nitrogens is 3. The van der Waals surface area contributed by atoms with Gasteiger partial charge in [-0.05, 0) is 43.2 Å². The van der Waals surface area contributed by atoms with Gasteiger partial charge in [0.1, 0.15) is 0 Å². The summed E-state index contributed by atoms with van der Waals surface area (Å²) in [6.45, 7) is 0. The Morgan fingerprint density at radius 2 is 1.72 bits per heavy atom. The highest BCUT2D eigenvalue weighted by Crippen LogP contribution is 2.43. The second-order valence-corrected chi connectivity index (χ2v) is 7.56. The van der Waals surface area contributed by atoms with Crippen LogP contribution >= 0.6 is 23.2 Å². The van der Waals surface area contributed by atoms with Gasteiger partial charge in [0.25, 0.3) is 0 Å². The molecule has 2 heterocycles. The van der Waals surface area contributed by atoms with Crippen molar-refractivity contribution in [3.63, 3.8) is 0 Å². The van der Waals surface area contributed by atoms with Crippen molar-refractivity contribution in [2.24, 2.45) is 0 Å². The number of alkyl halides is 3. The molecule has 0 bridgehead atoms. The largest absolute Gasteiger partial charge is 0.435 e. The van der Waals surface area contributed by atoms with Gasteiger partial charge < -0.3 is 10.4 Å². The highest BCUT2D eigenvalue weighted by molar-refractivity contribution is 6.35. The van der Waals surface area contributed by atoms with Crippen molar-refractivity contribution >= 4 is 28.9 Å². The van der Waals surface area contributed by atoms with Crippen molar-refractivity contribution in [1.29, 1.82) is 0 Å². The number of pyridine rings is 1. The zero-order valence-electron chi connectivity index (χ0n) is 14.8. The third-order valence-electron chi connectivity index (χ3n) is 4.60. The summed E-state index contributed by atoms with van der Waals surface area (Å²) in [5, 5.41) is 17.4. The van der Waals surface area contributed by atoms with Crippen molar-refractivity contribution in [3.8, 4) is 5.69 Å². The van der Waals surface area contributed by atoms with E-state index in [1.165, 1.54) is 17.1 Å². The topological polar surface area (TPSA) is 63.0 Å². The van der Waals surface area contributed by atoms with E-state index >= 15 is 0 Å². The van der Waals surface area contributed by atoms with E-state index in [4.69, 9.17) is 23.2 Å². The monoisotopic (exact) mass is 442 g/mol. The lowest BCUT2D eigenvalue weighted by atomic mass is 10.2. The fourth-order valence-electron chi connectivity index (χ4n) is 3.02. The van der Waals surface area contributed by atoms with Gasteiger partial charge in [-0.3, -0.25) is 4.98 Å². The molecule has 1 aliphatic rings. The Balaban J connectivity index is 1.58. The lowest BCUT2D eigenvalue weighted by Gasteiger charge is -2.17. The van der Waals surface area contributed by atoms with Crippen molar-refractivity contribution < 1.29 is 18.3 Å². The number of anilines is 1. The number of aliphatic hydroxyl groups is 1. The normalized spacial score (nSPS) is 15.4. The summed E-state index contributed by atoms with van der Waals surface area (Å²) >= 11 is 12.1. The van der Waals surface area contributed by atoms with Crippen LogP contribution in [0.2, 0.25) is 10.0 Å². The first-order valence-electron chi connectivity index (χ1n) is 8.75. The molecule has 4 rings (SSSR count). The molecule has 2 N–H and O–H groups in total. The van der Waals surface area contributed by atoms with Gasteiger partial charge in [-0.25, -0.2) is 4.68 Å². The van der Waals surface area contributed by atoms with Gasteiger partial charge in [0.05, 0.1) is 15.7 Å². The van der Waals surface area contributed by atoms with E-state index < -0.39 is 18.1 Å². The Labute approximate surface area is 174 Å². The average molecular weight is 443 g/mol. The van der Waals surface area contributed by atoms with Gasteiger partial charge in [0.2, 0.25) is 0 Å². The van der Waals surface area contributed by atoms with Gasteiger partial charge in [0.15, 0.2) is 11.9 Å². The fraction of sp³-hybridized carbons (Fsp3) is 0.263. The van der Waals surface area contributed by atoms with E-state index in [0.29, 0.717) is 17.1 Å². The predicted molar refractivity (Wildman–Crippen MR) is 103 cm³/mol. The molecule has 5 nitrogen and oxygen atoms in total. The number of hydrogen-bond donors (Lipinski definition) is 2. The molecule has 0 saturated heterocycles. The molecule has 1 unspecified atom stereocenters. The summed E-state index contributed by atoms with van der Waals surface area (Å²) in [7, 11) is 0. The number of nitrogens with one attached hydrogen (secondary N) is 1. The lowest BCUT2D eigenvalue weighted by Crippen LogP contribution is -2.11. The van der Waals surface area contributed by atoms with Crippen molar-refractivity contribution in [2.45, 2.75) is 31.2 Å². The third-order valence-corrected chi connectivity index (χ3v) is 5.20.